The lowest BCUT2D eigenvalue weighted by Gasteiger charge is -2.37. The fourth-order valence-electron chi connectivity index (χ4n) is 4.27. The smallest absolute Gasteiger partial charge is 0.311 e. The van der Waals surface area contributed by atoms with Crippen LogP contribution in [0.4, 0.5) is 0 Å². The van der Waals surface area contributed by atoms with Gasteiger partial charge >= 0.3 is 5.97 Å². The average Bonchev–Trinajstić information content (AvgIpc) is 3.10. The molecule has 0 radical (unpaired) electrons. The third kappa shape index (κ3) is 4.78. The third-order valence-corrected chi connectivity index (χ3v) is 6.00. The summed E-state index contributed by atoms with van der Waals surface area (Å²) >= 11 is 0. The highest BCUT2D eigenvalue weighted by Gasteiger charge is 2.55. The van der Waals surface area contributed by atoms with Gasteiger partial charge in [-0.1, -0.05) is 91.0 Å². The van der Waals surface area contributed by atoms with Crippen LogP contribution in [-0.2, 0) is 24.5 Å². The number of hydrogen-bond donors (Lipinski definition) is 3. The SMILES string of the molecule is COCCOC1(O)O[C@H](COC(c2ccccc2)(c2ccccc2)c2ccccc2)[C@H](O)[C@H]1O. The molecule has 7 heteroatoms. The van der Waals surface area contributed by atoms with Gasteiger partial charge < -0.3 is 34.3 Å². The highest BCUT2D eigenvalue weighted by molar-refractivity contribution is 5.47. The summed E-state index contributed by atoms with van der Waals surface area (Å²) in [5, 5.41) is 31.7. The van der Waals surface area contributed by atoms with E-state index in [4.69, 9.17) is 18.9 Å². The van der Waals surface area contributed by atoms with Crippen LogP contribution in [0.2, 0.25) is 0 Å². The average molecular weight is 467 g/mol. The number of hydrogen-bond acceptors (Lipinski definition) is 7. The molecule has 0 saturated carbocycles. The number of aliphatic hydroxyl groups is 3. The van der Waals surface area contributed by atoms with E-state index in [9.17, 15) is 15.3 Å². The first-order valence-corrected chi connectivity index (χ1v) is 11.2. The predicted molar refractivity (Wildman–Crippen MR) is 125 cm³/mol. The third-order valence-electron chi connectivity index (χ3n) is 6.00. The van der Waals surface area contributed by atoms with Crippen LogP contribution in [0.1, 0.15) is 16.7 Å². The Balaban J connectivity index is 1.69. The van der Waals surface area contributed by atoms with Crippen LogP contribution in [0.25, 0.3) is 0 Å². The van der Waals surface area contributed by atoms with Gasteiger partial charge in [0.1, 0.15) is 17.8 Å². The van der Waals surface area contributed by atoms with Gasteiger partial charge in [0.2, 0.25) is 0 Å². The lowest BCUT2D eigenvalue weighted by atomic mass is 9.80. The second-order valence-corrected chi connectivity index (χ2v) is 8.15. The molecule has 1 heterocycles. The normalized spacial score (nSPS) is 24.9. The van der Waals surface area contributed by atoms with E-state index < -0.39 is 29.9 Å². The van der Waals surface area contributed by atoms with Crippen LogP contribution >= 0.6 is 0 Å². The Morgan fingerprint density at radius 1 is 0.794 bits per heavy atom. The van der Waals surface area contributed by atoms with Crippen molar-refractivity contribution in [1.29, 1.82) is 0 Å². The van der Waals surface area contributed by atoms with Gasteiger partial charge in [-0.3, -0.25) is 0 Å². The highest BCUT2D eigenvalue weighted by Crippen LogP contribution is 2.41. The van der Waals surface area contributed by atoms with Crippen molar-refractivity contribution >= 4 is 0 Å². The molecule has 4 atom stereocenters. The van der Waals surface area contributed by atoms with Crippen molar-refractivity contribution in [3.05, 3.63) is 108 Å². The van der Waals surface area contributed by atoms with Crippen LogP contribution in [0, 0.1) is 0 Å². The van der Waals surface area contributed by atoms with Crippen molar-refractivity contribution in [2.45, 2.75) is 29.9 Å². The number of methoxy groups -OCH3 is 1. The molecule has 1 aliphatic heterocycles. The molecule has 1 unspecified atom stereocenters. The second-order valence-electron chi connectivity index (χ2n) is 8.15. The maximum Gasteiger partial charge on any atom is 0.311 e. The Labute approximate surface area is 199 Å². The number of ether oxygens (including phenoxy) is 4. The largest absolute Gasteiger partial charge is 0.387 e. The molecular weight excluding hydrogens is 436 g/mol. The first-order chi connectivity index (χ1) is 16.5. The topological polar surface area (TPSA) is 97.6 Å². The molecule has 4 rings (SSSR count). The first-order valence-electron chi connectivity index (χ1n) is 11.2. The van der Waals surface area contributed by atoms with Gasteiger partial charge in [0, 0.05) is 7.11 Å². The molecule has 3 aromatic rings. The number of rotatable bonds is 10. The Hall–Kier alpha value is -2.62. The Bertz CT molecular complexity index is 918. The van der Waals surface area contributed by atoms with E-state index in [1.807, 2.05) is 91.0 Å². The maximum absolute atomic E-state index is 10.6. The summed E-state index contributed by atoms with van der Waals surface area (Å²) in [6.45, 7) is 0.0357. The van der Waals surface area contributed by atoms with Gasteiger partial charge in [0.15, 0.2) is 6.10 Å². The number of aliphatic hydroxyl groups excluding tert-OH is 2. The van der Waals surface area contributed by atoms with Gasteiger partial charge in [-0.2, -0.15) is 0 Å². The monoisotopic (exact) mass is 466 g/mol. The summed E-state index contributed by atoms with van der Waals surface area (Å²) in [4.78, 5) is 0. The minimum Gasteiger partial charge on any atom is -0.387 e. The van der Waals surface area contributed by atoms with Crippen molar-refractivity contribution in [1.82, 2.24) is 0 Å². The predicted octanol–water partition coefficient (Wildman–Crippen LogP) is 2.42. The zero-order valence-corrected chi connectivity index (χ0v) is 19.0. The molecule has 1 aliphatic rings. The van der Waals surface area contributed by atoms with Crippen LogP contribution in [0.5, 0.6) is 0 Å². The molecule has 180 valence electrons. The van der Waals surface area contributed by atoms with Crippen molar-refractivity contribution in [3.8, 4) is 0 Å². The molecule has 1 fully saturated rings. The van der Waals surface area contributed by atoms with Crippen molar-refractivity contribution < 1.29 is 34.3 Å². The summed E-state index contributed by atoms with van der Waals surface area (Å²) < 4.78 is 22.4. The highest BCUT2D eigenvalue weighted by atomic mass is 16.8. The molecule has 0 aliphatic carbocycles. The quantitative estimate of drug-likeness (QED) is 0.240. The molecule has 34 heavy (non-hydrogen) atoms. The van der Waals surface area contributed by atoms with Crippen LogP contribution in [-0.4, -0.2) is 66.5 Å². The molecule has 0 aromatic heterocycles. The zero-order chi connectivity index (χ0) is 24.0. The summed E-state index contributed by atoms with van der Waals surface area (Å²) in [6.07, 6.45) is -4.14. The van der Waals surface area contributed by atoms with E-state index in [2.05, 4.69) is 0 Å². The fraction of sp³-hybridized carbons (Fsp3) is 0.333. The Morgan fingerprint density at radius 3 is 1.71 bits per heavy atom. The summed E-state index contributed by atoms with van der Waals surface area (Å²) in [5.41, 5.74) is 1.61. The van der Waals surface area contributed by atoms with Gasteiger partial charge in [0.25, 0.3) is 0 Å². The summed E-state index contributed by atoms with van der Waals surface area (Å²) in [6, 6.07) is 29.3. The van der Waals surface area contributed by atoms with Gasteiger partial charge in [0.05, 0.1) is 19.8 Å². The van der Waals surface area contributed by atoms with Crippen LogP contribution < -0.4 is 0 Å². The second kappa shape index (κ2) is 10.8. The fourth-order valence-corrected chi connectivity index (χ4v) is 4.27. The minimum absolute atomic E-state index is 0.0215. The van der Waals surface area contributed by atoms with Crippen LogP contribution in [0.15, 0.2) is 91.0 Å². The van der Waals surface area contributed by atoms with Gasteiger partial charge in [-0.05, 0) is 16.7 Å². The number of benzene rings is 3. The van der Waals surface area contributed by atoms with E-state index in [1.165, 1.54) is 7.11 Å². The molecule has 3 aromatic carbocycles. The van der Waals surface area contributed by atoms with Crippen molar-refractivity contribution in [2.24, 2.45) is 0 Å². The first kappa shape index (κ1) is 24.5. The standard InChI is InChI=1S/C27H30O7/c1-31-17-18-32-27(30)25(29)24(28)23(34-27)19-33-26(20-11-5-2-6-12-20,21-13-7-3-8-14-21)22-15-9-4-10-16-22/h2-16,23-25,28-30H,17-19H2,1H3/t23-,24+,25-,27?/m1/s1. The van der Waals surface area contributed by atoms with E-state index in [-0.39, 0.29) is 19.8 Å². The molecule has 0 bridgehead atoms. The van der Waals surface area contributed by atoms with E-state index >= 15 is 0 Å². The van der Waals surface area contributed by atoms with E-state index in [1.54, 1.807) is 0 Å². The minimum atomic E-state index is -2.36. The van der Waals surface area contributed by atoms with E-state index in [0.717, 1.165) is 16.7 Å². The Morgan fingerprint density at radius 2 is 1.26 bits per heavy atom. The zero-order valence-electron chi connectivity index (χ0n) is 19.0. The van der Waals surface area contributed by atoms with Gasteiger partial charge in [-0.15, -0.1) is 0 Å². The summed E-state index contributed by atoms with van der Waals surface area (Å²) in [7, 11) is 1.49. The Kier molecular flexibility index (Phi) is 7.75. The molecule has 0 amide bonds. The molecule has 3 N–H and O–H groups in total. The molecular formula is C27H30O7. The van der Waals surface area contributed by atoms with Crippen LogP contribution in [0.3, 0.4) is 0 Å². The van der Waals surface area contributed by atoms with Crippen molar-refractivity contribution in [2.75, 3.05) is 26.9 Å². The van der Waals surface area contributed by atoms with E-state index in [0.29, 0.717) is 0 Å². The summed E-state index contributed by atoms with van der Waals surface area (Å²) in [5.74, 6) is -2.36. The lowest BCUT2D eigenvalue weighted by molar-refractivity contribution is -0.379. The maximum atomic E-state index is 10.6. The molecule has 0 spiro atoms. The molecule has 1 saturated heterocycles. The van der Waals surface area contributed by atoms with Crippen molar-refractivity contribution in [3.63, 3.8) is 0 Å². The molecule has 7 nitrogen and oxygen atoms in total. The van der Waals surface area contributed by atoms with Gasteiger partial charge in [-0.25, -0.2) is 0 Å². The lowest BCUT2D eigenvalue weighted by Crippen LogP contribution is -2.46.